The molecule has 4 aromatic rings. The predicted octanol–water partition coefficient (Wildman–Crippen LogP) is 4.35. The zero-order valence-electron chi connectivity index (χ0n) is 20.0. The van der Waals surface area contributed by atoms with Crippen molar-refractivity contribution in [2.45, 2.75) is 37.8 Å². The van der Waals surface area contributed by atoms with Gasteiger partial charge in [-0.05, 0) is 56.6 Å². The van der Waals surface area contributed by atoms with E-state index in [1.165, 1.54) is 6.07 Å². The van der Waals surface area contributed by atoms with Crippen LogP contribution in [0.4, 0.5) is 4.39 Å². The molecule has 1 fully saturated rings. The lowest BCUT2D eigenvalue weighted by Crippen LogP contribution is -2.45. The van der Waals surface area contributed by atoms with Crippen LogP contribution in [0.1, 0.15) is 30.7 Å². The maximum absolute atomic E-state index is 14.0. The summed E-state index contributed by atoms with van der Waals surface area (Å²) in [6.45, 7) is 3.84. The van der Waals surface area contributed by atoms with Crippen LogP contribution in [-0.4, -0.2) is 69.0 Å². The quantitative estimate of drug-likeness (QED) is 0.311. The van der Waals surface area contributed by atoms with Gasteiger partial charge in [-0.15, -0.1) is 11.3 Å². The van der Waals surface area contributed by atoms with Crippen LogP contribution in [-0.2, 0) is 9.59 Å². The van der Waals surface area contributed by atoms with E-state index in [4.69, 9.17) is 29.0 Å². The Hall–Kier alpha value is -3.54. The summed E-state index contributed by atoms with van der Waals surface area (Å²) >= 11 is 1.60. The highest BCUT2D eigenvalue weighted by atomic mass is 32.1. The fraction of sp³-hybridized carbons (Fsp3) is 0.346. The van der Waals surface area contributed by atoms with Gasteiger partial charge in [0.1, 0.15) is 35.4 Å². The number of thiazole rings is 1. The predicted molar refractivity (Wildman–Crippen MR) is 136 cm³/mol. The summed E-state index contributed by atoms with van der Waals surface area (Å²) in [5.41, 5.74) is 1.26. The molecule has 9 nitrogen and oxygen atoms in total. The Morgan fingerprint density at radius 2 is 1.97 bits per heavy atom. The van der Waals surface area contributed by atoms with E-state index in [0.29, 0.717) is 24.0 Å². The number of aliphatic hydroxyl groups is 1. The summed E-state index contributed by atoms with van der Waals surface area (Å²) in [5.74, 6) is -2.85. The number of nitrogens with zero attached hydrogens (tertiary/aromatic N) is 2. The molecule has 1 saturated heterocycles. The minimum absolute atomic E-state index is 0.230. The fourth-order valence-corrected chi connectivity index (χ4v) is 5.55. The van der Waals surface area contributed by atoms with Crippen LogP contribution < -0.4 is 4.74 Å². The van der Waals surface area contributed by atoms with Gasteiger partial charge in [0.05, 0.1) is 21.4 Å². The van der Waals surface area contributed by atoms with Crippen molar-refractivity contribution in [1.82, 2.24) is 9.88 Å². The van der Waals surface area contributed by atoms with E-state index in [0.717, 1.165) is 45.8 Å². The molecule has 5 rings (SSSR count). The monoisotopic (exact) mass is 530 g/mol. The lowest BCUT2D eigenvalue weighted by molar-refractivity contribution is -0.159. The van der Waals surface area contributed by atoms with Gasteiger partial charge in [0.25, 0.3) is 0 Å². The van der Waals surface area contributed by atoms with Crippen LogP contribution >= 0.6 is 11.3 Å². The van der Waals surface area contributed by atoms with E-state index in [-0.39, 0.29) is 12.4 Å². The van der Waals surface area contributed by atoms with E-state index in [1.54, 1.807) is 23.7 Å². The Morgan fingerprint density at radius 1 is 1.22 bits per heavy atom. The number of benzene rings is 2. The number of para-hydroxylation sites is 1. The number of aliphatic hydroxyl groups excluding tert-OH is 1. The molecule has 3 heterocycles. The number of fused-ring (bicyclic) bond motifs is 2. The van der Waals surface area contributed by atoms with Gasteiger partial charge in [0.2, 0.25) is 0 Å². The summed E-state index contributed by atoms with van der Waals surface area (Å²) < 4.78 is 26.2. The summed E-state index contributed by atoms with van der Waals surface area (Å²) in [6, 6.07) is 13.0. The Kier molecular flexibility index (Phi) is 8.37. The molecule has 0 spiro atoms. The van der Waals surface area contributed by atoms with Gasteiger partial charge in [-0.2, -0.15) is 0 Å². The van der Waals surface area contributed by atoms with Gasteiger partial charge >= 0.3 is 11.9 Å². The number of halogens is 1. The molecule has 0 saturated carbocycles. The maximum Gasteiger partial charge on any atom is 0.414 e. The number of piperidine rings is 1. The molecular formula is C26H27FN2O7S. The first kappa shape index (κ1) is 26.5. The first-order chi connectivity index (χ1) is 17.7. The molecule has 11 heteroatoms. The highest BCUT2D eigenvalue weighted by Crippen LogP contribution is 2.36. The molecular weight excluding hydrogens is 503 g/mol. The standard InChI is InChI=1S/C24H25FN2O3S.C2H2O4/c1-15-12-16(24-26-23-19(25)4-2-7-22(23)31-24)8-10-27(15)13-17(28)14-30-21-6-3-5-20-18(21)9-11-29-20;3-1(4)2(5)6/h2-7,9,11,15-17,28H,8,10,12-14H2,1H3;(H,3,4)(H,5,6)/t15?,16?,17-;/m0./s1. The van der Waals surface area contributed by atoms with E-state index < -0.39 is 18.0 Å². The number of aliphatic carboxylic acids is 2. The molecule has 2 aromatic carbocycles. The van der Waals surface area contributed by atoms with Crippen LogP contribution in [0.2, 0.25) is 0 Å². The number of furan rings is 1. The highest BCUT2D eigenvalue weighted by Gasteiger charge is 2.30. The topological polar surface area (TPSA) is 133 Å². The van der Waals surface area contributed by atoms with E-state index in [9.17, 15) is 9.50 Å². The van der Waals surface area contributed by atoms with Gasteiger partial charge in [-0.1, -0.05) is 12.1 Å². The third kappa shape index (κ3) is 6.43. The molecule has 2 unspecified atom stereocenters. The van der Waals surface area contributed by atoms with Gasteiger partial charge in [0.15, 0.2) is 0 Å². The Morgan fingerprint density at radius 3 is 2.68 bits per heavy atom. The average molecular weight is 531 g/mol. The van der Waals surface area contributed by atoms with Crippen LogP contribution in [0.15, 0.2) is 53.1 Å². The van der Waals surface area contributed by atoms with Gasteiger partial charge in [0, 0.05) is 18.5 Å². The molecule has 0 radical (unpaired) electrons. The molecule has 1 aliphatic rings. The van der Waals surface area contributed by atoms with Crippen molar-refractivity contribution >= 4 is 44.5 Å². The van der Waals surface area contributed by atoms with Crippen molar-refractivity contribution in [2.24, 2.45) is 0 Å². The first-order valence-electron chi connectivity index (χ1n) is 11.7. The molecule has 0 bridgehead atoms. The maximum atomic E-state index is 14.0. The third-order valence-corrected chi connectivity index (χ3v) is 7.45. The zero-order chi connectivity index (χ0) is 26.5. The first-order valence-corrected chi connectivity index (χ1v) is 12.6. The van der Waals surface area contributed by atoms with Crippen molar-refractivity contribution in [1.29, 1.82) is 0 Å². The number of hydrogen-bond acceptors (Lipinski definition) is 8. The highest BCUT2D eigenvalue weighted by molar-refractivity contribution is 7.18. The molecule has 196 valence electrons. The number of ether oxygens (including phenoxy) is 1. The van der Waals surface area contributed by atoms with Crippen molar-refractivity contribution in [3.8, 4) is 5.75 Å². The number of carbonyl (C=O) groups is 2. The Balaban J connectivity index is 0.000000480. The number of hydrogen-bond donors (Lipinski definition) is 3. The number of carboxylic acid groups (broad SMARTS) is 2. The fourth-order valence-electron chi connectivity index (χ4n) is 4.42. The zero-order valence-corrected chi connectivity index (χ0v) is 20.9. The minimum atomic E-state index is -1.82. The van der Waals surface area contributed by atoms with E-state index in [2.05, 4.69) is 16.8 Å². The number of rotatable bonds is 6. The molecule has 37 heavy (non-hydrogen) atoms. The van der Waals surface area contributed by atoms with Crippen molar-refractivity contribution in [3.05, 3.63) is 59.6 Å². The summed E-state index contributed by atoms with van der Waals surface area (Å²) in [7, 11) is 0. The summed E-state index contributed by atoms with van der Waals surface area (Å²) in [5, 5.41) is 27.3. The molecule has 1 aliphatic heterocycles. The van der Waals surface area contributed by atoms with Crippen LogP contribution in [0.3, 0.4) is 0 Å². The van der Waals surface area contributed by atoms with E-state index >= 15 is 0 Å². The minimum Gasteiger partial charge on any atom is -0.490 e. The normalized spacial score (nSPS) is 18.8. The van der Waals surface area contributed by atoms with Gasteiger partial charge in [-0.25, -0.2) is 19.0 Å². The van der Waals surface area contributed by atoms with Crippen LogP contribution in [0, 0.1) is 5.82 Å². The van der Waals surface area contributed by atoms with Crippen molar-refractivity contribution in [3.63, 3.8) is 0 Å². The summed E-state index contributed by atoms with van der Waals surface area (Å²) in [6.07, 6.45) is 2.95. The van der Waals surface area contributed by atoms with Gasteiger partial charge in [-0.3, -0.25) is 4.90 Å². The molecule has 3 atom stereocenters. The number of likely N-dealkylation sites (tertiary alicyclic amines) is 1. The Bertz CT molecular complexity index is 1380. The SMILES string of the molecule is CC1CC(c2nc3c(F)cccc3s2)CCN1C[C@H](O)COc1cccc2occc12.O=C(O)C(=O)O. The second-order valence-corrected chi connectivity index (χ2v) is 9.93. The molecule has 0 aliphatic carbocycles. The average Bonchev–Trinajstić information content (AvgIpc) is 3.52. The number of β-amino-alcohol motifs (C(OH)–C–C–N with tert-alkyl or cyclic N) is 1. The number of aromatic nitrogens is 1. The van der Waals surface area contributed by atoms with Crippen molar-refractivity contribution < 1.29 is 38.5 Å². The largest absolute Gasteiger partial charge is 0.490 e. The Labute approximate surface area is 215 Å². The second-order valence-electron chi connectivity index (χ2n) is 8.87. The number of carboxylic acids is 2. The van der Waals surface area contributed by atoms with Gasteiger partial charge < -0.3 is 24.5 Å². The molecule has 3 N–H and O–H groups in total. The van der Waals surface area contributed by atoms with Crippen molar-refractivity contribution in [2.75, 3.05) is 19.7 Å². The third-order valence-electron chi connectivity index (χ3n) is 6.26. The lowest BCUT2D eigenvalue weighted by atomic mass is 9.92. The second kappa shape index (κ2) is 11.7. The van der Waals surface area contributed by atoms with Crippen LogP contribution in [0.25, 0.3) is 21.2 Å². The van der Waals surface area contributed by atoms with Crippen LogP contribution in [0.5, 0.6) is 5.75 Å². The smallest absolute Gasteiger partial charge is 0.414 e. The van der Waals surface area contributed by atoms with E-state index in [1.807, 2.05) is 30.3 Å². The summed E-state index contributed by atoms with van der Waals surface area (Å²) in [4.78, 5) is 25.1. The lowest BCUT2D eigenvalue weighted by Gasteiger charge is -2.38. The molecule has 0 amide bonds. The molecule has 2 aromatic heterocycles.